The van der Waals surface area contributed by atoms with Crippen molar-refractivity contribution < 1.29 is 27.9 Å². The van der Waals surface area contributed by atoms with Crippen molar-refractivity contribution in [3.8, 4) is 5.75 Å². The van der Waals surface area contributed by atoms with Crippen molar-refractivity contribution in [3.05, 3.63) is 74.6 Å². The van der Waals surface area contributed by atoms with Gasteiger partial charge in [-0.1, -0.05) is 24.3 Å². The number of H-pyrrole nitrogens is 1. The Morgan fingerprint density at radius 2 is 1.97 bits per heavy atom. The summed E-state index contributed by atoms with van der Waals surface area (Å²) in [5.74, 6) is -0.321. The van der Waals surface area contributed by atoms with Crippen LogP contribution in [0.2, 0.25) is 0 Å². The number of aromatic amines is 1. The van der Waals surface area contributed by atoms with Crippen molar-refractivity contribution in [2.75, 3.05) is 13.7 Å². The summed E-state index contributed by atoms with van der Waals surface area (Å²) in [5.41, 5.74) is -0.0238. The smallest absolute Gasteiger partial charge is 0.459 e. The number of para-hydroxylation sites is 1. The van der Waals surface area contributed by atoms with Gasteiger partial charge in [-0.15, -0.1) is 0 Å². The summed E-state index contributed by atoms with van der Waals surface area (Å²) in [7, 11) is -2.83. The maximum Gasteiger partial charge on any atom is 0.459 e. The van der Waals surface area contributed by atoms with E-state index in [0.717, 1.165) is 5.56 Å². The highest BCUT2D eigenvalue weighted by atomic mass is 31.2. The molecule has 12 heteroatoms. The Morgan fingerprint density at radius 1 is 1.24 bits per heavy atom. The zero-order chi connectivity index (χ0) is 24.2. The Bertz CT molecular complexity index is 1200. The maximum absolute atomic E-state index is 13.5. The summed E-state index contributed by atoms with van der Waals surface area (Å²) >= 11 is 0. The fraction of sp³-hybridized carbons (Fsp3) is 0.381. The Labute approximate surface area is 189 Å². The van der Waals surface area contributed by atoms with E-state index in [0.29, 0.717) is 11.3 Å². The molecule has 0 amide bonds. The molecule has 1 aliphatic rings. The predicted octanol–water partition coefficient (Wildman–Crippen LogP) is 1.96. The molecule has 3 rings (SSSR count). The largest absolute Gasteiger partial charge is 0.468 e. The first-order valence-corrected chi connectivity index (χ1v) is 11.7. The number of hydrogen-bond acceptors (Lipinski definition) is 8. The predicted molar refractivity (Wildman–Crippen MR) is 119 cm³/mol. The lowest BCUT2D eigenvalue weighted by atomic mass is 10.2. The summed E-state index contributed by atoms with van der Waals surface area (Å²) in [6, 6.07) is 5.95. The lowest BCUT2D eigenvalue weighted by Crippen LogP contribution is -2.35. The lowest BCUT2D eigenvalue weighted by molar-refractivity contribution is -0.142. The van der Waals surface area contributed by atoms with E-state index in [4.69, 9.17) is 13.8 Å². The molecule has 2 N–H and O–H groups in total. The van der Waals surface area contributed by atoms with Crippen LogP contribution in [0.4, 0.5) is 0 Å². The first-order valence-electron chi connectivity index (χ1n) is 10.1. The SMILES string of the molecule is COC(=O)[C@H](C)NP(=O)(OC[C@@H]1C=C[C@H](n2cc(C)c(=O)[nH]c2=O)O1)Oc1ccccc1C. The van der Waals surface area contributed by atoms with Gasteiger partial charge in [0, 0.05) is 11.8 Å². The van der Waals surface area contributed by atoms with E-state index < -0.39 is 43.3 Å². The second-order valence-electron chi connectivity index (χ2n) is 7.45. The average Bonchev–Trinajstić information content (AvgIpc) is 3.25. The van der Waals surface area contributed by atoms with Crippen LogP contribution in [0.3, 0.4) is 0 Å². The number of carbonyl (C=O) groups excluding carboxylic acids is 1. The van der Waals surface area contributed by atoms with E-state index in [2.05, 4.69) is 14.8 Å². The fourth-order valence-corrected chi connectivity index (χ4v) is 4.60. The zero-order valence-corrected chi connectivity index (χ0v) is 19.5. The third-order valence-corrected chi connectivity index (χ3v) is 6.48. The van der Waals surface area contributed by atoms with Gasteiger partial charge in [0.15, 0.2) is 6.23 Å². The molecule has 1 unspecified atom stereocenters. The number of nitrogens with zero attached hydrogens (tertiary/aromatic N) is 1. The molecule has 2 aromatic rings. The van der Waals surface area contributed by atoms with Crippen LogP contribution >= 0.6 is 7.75 Å². The van der Waals surface area contributed by atoms with Crippen molar-refractivity contribution in [1.82, 2.24) is 14.6 Å². The number of esters is 1. The summed E-state index contributed by atoms with van der Waals surface area (Å²) in [4.78, 5) is 37.7. The van der Waals surface area contributed by atoms with Crippen molar-refractivity contribution in [2.45, 2.75) is 39.1 Å². The summed E-state index contributed by atoms with van der Waals surface area (Å²) in [6.07, 6.45) is 3.20. The van der Waals surface area contributed by atoms with Crippen LogP contribution in [0.25, 0.3) is 0 Å². The number of methoxy groups -OCH3 is 1. The molecule has 0 spiro atoms. The molecule has 0 radical (unpaired) electrons. The second kappa shape index (κ2) is 10.3. The van der Waals surface area contributed by atoms with Gasteiger partial charge in [-0.2, -0.15) is 5.09 Å². The number of aromatic nitrogens is 2. The standard InChI is InChI=1S/C21H26N3O8P/c1-13-7-5-6-8-17(13)32-33(28,23-15(3)20(26)29-4)30-12-16-9-10-18(31-16)24-11-14(2)19(25)22-21(24)27/h5-11,15-16,18H,12H2,1-4H3,(H,23,28)(H,22,25,27)/t15-,16-,18+,33?/m0/s1. The Hall–Kier alpha value is -2.98. The van der Waals surface area contributed by atoms with Crippen LogP contribution in [0, 0.1) is 13.8 Å². The van der Waals surface area contributed by atoms with Gasteiger partial charge in [0.25, 0.3) is 5.56 Å². The first-order chi connectivity index (χ1) is 15.6. The number of rotatable bonds is 9. The molecule has 1 aromatic carbocycles. The van der Waals surface area contributed by atoms with Crippen molar-refractivity contribution in [1.29, 1.82) is 0 Å². The molecule has 33 heavy (non-hydrogen) atoms. The van der Waals surface area contributed by atoms with Crippen molar-refractivity contribution >= 4 is 13.7 Å². The monoisotopic (exact) mass is 479 g/mol. The van der Waals surface area contributed by atoms with E-state index in [1.807, 2.05) is 0 Å². The van der Waals surface area contributed by atoms with E-state index >= 15 is 0 Å². The molecule has 1 aliphatic heterocycles. The molecule has 0 bridgehead atoms. The van der Waals surface area contributed by atoms with Crippen LogP contribution in [-0.2, 0) is 23.4 Å². The Kier molecular flexibility index (Phi) is 7.70. The van der Waals surface area contributed by atoms with Crippen molar-refractivity contribution in [2.24, 2.45) is 0 Å². The quantitative estimate of drug-likeness (QED) is 0.314. The third-order valence-electron chi connectivity index (χ3n) is 4.85. The van der Waals surface area contributed by atoms with Crippen molar-refractivity contribution in [3.63, 3.8) is 0 Å². The zero-order valence-electron chi connectivity index (χ0n) is 18.6. The van der Waals surface area contributed by atoms with Gasteiger partial charge in [-0.25, -0.2) is 9.36 Å². The molecule has 178 valence electrons. The number of nitrogens with one attached hydrogen (secondary N) is 2. The Balaban J connectivity index is 1.72. The van der Waals surface area contributed by atoms with E-state index in [9.17, 15) is 18.9 Å². The van der Waals surface area contributed by atoms with Crippen LogP contribution in [0.1, 0.15) is 24.3 Å². The lowest BCUT2D eigenvalue weighted by Gasteiger charge is -2.24. The third kappa shape index (κ3) is 6.08. The average molecular weight is 479 g/mol. The van der Waals surface area contributed by atoms with E-state index in [-0.39, 0.29) is 6.61 Å². The molecule has 0 saturated heterocycles. The van der Waals surface area contributed by atoms with Gasteiger partial charge < -0.3 is 14.0 Å². The topological polar surface area (TPSA) is 138 Å². The van der Waals surface area contributed by atoms with Gasteiger partial charge in [0.2, 0.25) is 0 Å². The highest BCUT2D eigenvalue weighted by molar-refractivity contribution is 7.52. The van der Waals surface area contributed by atoms with Crippen LogP contribution < -0.4 is 20.9 Å². The molecule has 0 fully saturated rings. The molecular weight excluding hydrogens is 453 g/mol. The van der Waals surface area contributed by atoms with Crippen LogP contribution in [-0.4, -0.2) is 41.4 Å². The summed E-state index contributed by atoms with van der Waals surface area (Å²) < 4.78 is 36.4. The van der Waals surface area contributed by atoms with Gasteiger partial charge in [0.1, 0.15) is 17.9 Å². The van der Waals surface area contributed by atoms with Gasteiger partial charge in [0.05, 0.1) is 13.7 Å². The molecular formula is C21H26N3O8P. The molecule has 1 aromatic heterocycles. The second-order valence-corrected chi connectivity index (χ2v) is 9.15. The maximum atomic E-state index is 13.5. The number of ether oxygens (including phenoxy) is 2. The highest BCUT2D eigenvalue weighted by Gasteiger charge is 2.34. The molecule has 0 aliphatic carbocycles. The number of benzene rings is 1. The molecule has 11 nitrogen and oxygen atoms in total. The van der Waals surface area contributed by atoms with Crippen LogP contribution in [0.5, 0.6) is 5.75 Å². The van der Waals surface area contributed by atoms with E-state index in [1.54, 1.807) is 50.3 Å². The Morgan fingerprint density at radius 3 is 2.67 bits per heavy atom. The number of hydrogen-bond donors (Lipinski definition) is 2. The minimum absolute atomic E-state index is 0.200. The van der Waals surface area contributed by atoms with Gasteiger partial charge in [-0.05, 0) is 38.5 Å². The summed E-state index contributed by atoms with van der Waals surface area (Å²) in [6.45, 7) is 4.62. The minimum atomic E-state index is -4.04. The highest BCUT2D eigenvalue weighted by Crippen LogP contribution is 2.46. The summed E-state index contributed by atoms with van der Waals surface area (Å²) in [5, 5.41) is 2.57. The van der Waals surface area contributed by atoms with E-state index in [1.165, 1.54) is 24.8 Å². The normalized spacial score (nSPS) is 20.2. The molecule has 4 atom stereocenters. The number of aryl methyl sites for hydroxylation is 2. The molecule has 2 heterocycles. The number of carbonyl (C=O) groups is 1. The van der Waals surface area contributed by atoms with Gasteiger partial charge in [-0.3, -0.25) is 23.7 Å². The molecule has 0 saturated carbocycles. The van der Waals surface area contributed by atoms with Crippen LogP contribution in [0.15, 0.2) is 52.2 Å². The fourth-order valence-electron chi connectivity index (χ4n) is 3.03. The van der Waals surface area contributed by atoms with Gasteiger partial charge >= 0.3 is 19.4 Å². The first kappa shape index (κ1) is 24.7. The minimum Gasteiger partial charge on any atom is -0.468 e.